The first-order valence-corrected chi connectivity index (χ1v) is 15.4. The molecule has 0 radical (unpaired) electrons. The Morgan fingerprint density at radius 3 is 2.00 bits per heavy atom. The molecule has 2 aromatic carbocycles. The van der Waals surface area contributed by atoms with Gasteiger partial charge in [-0.25, -0.2) is 9.67 Å². The highest BCUT2D eigenvalue weighted by atomic mass is 19.4. The van der Waals surface area contributed by atoms with E-state index in [9.17, 15) is 26.3 Å². The number of halogens is 6. The molecule has 0 bridgehead atoms. The first-order chi connectivity index (χ1) is 22.4. The Bertz CT molecular complexity index is 1830. The maximum absolute atomic E-state index is 13.7. The molecule has 5 aromatic rings. The van der Waals surface area contributed by atoms with Crippen LogP contribution < -0.4 is 9.80 Å². The normalized spacial score (nSPS) is 15.4. The van der Waals surface area contributed by atoms with Gasteiger partial charge in [-0.15, -0.1) is 5.10 Å². The maximum atomic E-state index is 13.7. The van der Waals surface area contributed by atoms with Gasteiger partial charge in [0.15, 0.2) is 5.65 Å². The van der Waals surface area contributed by atoms with Crippen molar-refractivity contribution in [2.75, 3.05) is 22.9 Å². The quantitative estimate of drug-likeness (QED) is 0.145. The third-order valence-electron chi connectivity index (χ3n) is 8.41. The molecule has 3 heterocycles. The first-order valence-electron chi connectivity index (χ1n) is 15.4. The molecule has 0 aliphatic heterocycles. The second-order valence-electron chi connectivity index (χ2n) is 12.4. The van der Waals surface area contributed by atoms with Crippen LogP contribution in [0.25, 0.3) is 16.7 Å². The summed E-state index contributed by atoms with van der Waals surface area (Å²) in [6.45, 7) is 1.30. The molecule has 9 nitrogen and oxygen atoms in total. The van der Waals surface area contributed by atoms with Crippen LogP contribution in [0.3, 0.4) is 0 Å². The fourth-order valence-electron chi connectivity index (χ4n) is 5.75. The molecule has 0 unspecified atom stereocenters. The number of para-hydroxylation sites is 1. The van der Waals surface area contributed by atoms with Gasteiger partial charge in [-0.3, -0.25) is 0 Å². The zero-order chi connectivity index (χ0) is 32.9. The number of nitrogens with zero attached hydrogens (tertiary/aromatic N) is 9. The van der Waals surface area contributed by atoms with Crippen LogP contribution in [0.2, 0.25) is 0 Å². The molecule has 246 valence electrons. The molecule has 3 aromatic heterocycles. The van der Waals surface area contributed by atoms with Crippen LogP contribution in [0.4, 0.5) is 38.1 Å². The van der Waals surface area contributed by atoms with Gasteiger partial charge in [0.1, 0.15) is 5.82 Å². The molecule has 0 saturated heterocycles. The summed E-state index contributed by atoms with van der Waals surface area (Å²) in [6, 6.07) is 13.1. The van der Waals surface area contributed by atoms with Gasteiger partial charge >= 0.3 is 12.4 Å². The maximum Gasteiger partial charge on any atom is 0.416 e. The molecule has 0 spiro atoms. The third-order valence-corrected chi connectivity index (χ3v) is 8.41. The van der Waals surface area contributed by atoms with Crippen LogP contribution in [0, 0.1) is 11.8 Å². The van der Waals surface area contributed by atoms with E-state index in [1.54, 1.807) is 10.9 Å². The van der Waals surface area contributed by atoms with Gasteiger partial charge in [-0.1, -0.05) is 23.3 Å². The van der Waals surface area contributed by atoms with Crippen LogP contribution in [0.1, 0.15) is 47.9 Å². The van der Waals surface area contributed by atoms with Gasteiger partial charge < -0.3 is 9.80 Å². The predicted octanol–water partition coefficient (Wildman–Crippen LogP) is 6.81. The lowest BCUT2D eigenvalue weighted by molar-refractivity contribution is -0.143. The summed E-state index contributed by atoms with van der Waals surface area (Å²) in [5.74, 6) is 1.81. The fraction of sp³-hybridized carbons (Fsp3) is 0.406. The van der Waals surface area contributed by atoms with Crippen LogP contribution in [-0.2, 0) is 32.5 Å². The summed E-state index contributed by atoms with van der Waals surface area (Å²) < 4.78 is 84.2. The van der Waals surface area contributed by atoms with E-state index in [0.29, 0.717) is 23.3 Å². The van der Waals surface area contributed by atoms with Crippen molar-refractivity contribution in [3.63, 3.8) is 0 Å². The molecule has 15 heteroatoms. The highest BCUT2D eigenvalue weighted by Crippen LogP contribution is 2.39. The molecule has 2 aliphatic rings. The molecular weight excluding hydrogens is 624 g/mol. The molecule has 0 N–H and O–H groups in total. The van der Waals surface area contributed by atoms with Crippen molar-refractivity contribution in [2.24, 2.45) is 18.9 Å². The number of aryl methyl sites for hydroxylation is 1. The monoisotopic (exact) mass is 655 g/mol. The Morgan fingerprint density at radius 1 is 0.809 bits per heavy atom. The van der Waals surface area contributed by atoms with Gasteiger partial charge in [-0.2, -0.15) is 36.2 Å². The number of fused-ring (bicyclic) bond motifs is 1. The van der Waals surface area contributed by atoms with Gasteiger partial charge in [0.05, 0.1) is 30.1 Å². The van der Waals surface area contributed by atoms with E-state index in [1.807, 2.05) is 36.4 Å². The molecular formula is C32H31F6N9. The zero-order valence-corrected chi connectivity index (χ0v) is 25.4. The second-order valence-corrected chi connectivity index (χ2v) is 12.4. The Labute approximate surface area is 265 Å². The predicted molar refractivity (Wildman–Crippen MR) is 162 cm³/mol. The number of hydrogen-bond acceptors (Lipinski definition) is 7. The first kappa shape index (κ1) is 30.9. The average molecular weight is 656 g/mol. The third kappa shape index (κ3) is 7.03. The van der Waals surface area contributed by atoms with Crippen LogP contribution in [0.15, 0.2) is 60.8 Å². The summed E-state index contributed by atoms with van der Waals surface area (Å²) in [6.07, 6.45) is -3.78. The Balaban J connectivity index is 1.33. The summed E-state index contributed by atoms with van der Waals surface area (Å²) in [5.41, 5.74) is -0.761. The van der Waals surface area contributed by atoms with Crippen molar-refractivity contribution in [2.45, 2.75) is 51.1 Å². The fourth-order valence-corrected chi connectivity index (χ4v) is 5.75. The topological polar surface area (TPSA) is 80.8 Å². The van der Waals surface area contributed by atoms with E-state index in [-0.39, 0.29) is 30.7 Å². The van der Waals surface area contributed by atoms with Gasteiger partial charge in [0.2, 0.25) is 0 Å². The minimum Gasteiger partial charge on any atom is -0.356 e. The highest BCUT2D eigenvalue weighted by molar-refractivity contribution is 5.80. The second kappa shape index (κ2) is 11.8. The van der Waals surface area contributed by atoms with E-state index in [4.69, 9.17) is 4.98 Å². The number of anilines is 2. The summed E-state index contributed by atoms with van der Waals surface area (Å²) in [5, 5.41) is 17.6. The van der Waals surface area contributed by atoms with Crippen LogP contribution in [0.5, 0.6) is 0 Å². The molecule has 0 atom stereocenters. The van der Waals surface area contributed by atoms with Gasteiger partial charge in [0, 0.05) is 37.1 Å². The van der Waals surface area contributed by atoms with Crippen LogP contribution >= 0.6 is 0 Å². The van der Waals surface area contributed by atoms with E-state index in [0.717, 1.165) is 67.5 Å². The van der Waals surface area contributed by atoms with Gasteiger partial charge in [0.25, 0.3) is 5.95 Å². The molecule has 47 heavy (non-hydrogen) atoms. The van der Waals surface area contributed by atoms with Crippen molar-refractivity contribution >= 4 is 22.8 Å². The number of pyridine rings is 1. The number of hydrogen-bond donors (Lipinski definition) is 0. The number of tetrazole rings is 1. The van der Waals surface area contributed by atoms with E-state index >= 15 is 0 Å². The average Bonchev–Trinajstić information content (AvgIpc) is 3.94. The molecule has 0 amide bonds. The number of rotatable bonds is 11. The Kier molecular flexibility index (Phi) is 7.79. The largest absolute Gasteiger partial charge is 0.416 e. The Morgan fingerprint density at radius 2 is 1.45 bits per heavy atom. The minimum atomic E-state index is -4.97. The molecule has 2 saturated carbocycles. The standard InChI is InChI=1S/C32H31F6N9/c1-44-42-30(41-43-44)46(18-22-11-25(31(33,34)35)14-26(12-22)32(36,37)38)19-24-13-23-15-39-47(27-5-3-2-4-6-27)29(23)40-28(24)45(16-20-7-8-20)17-21-9-10-21/h2-6,11-15,20-21H,7-10,16-19H2,1H3. The van der Waals surface area contributed by atoms with Crippen molar-refractivity contribution in [1.29, 1.82) is 0 Å². The molecule has 2 fully saturated rings. The Hall–Kier alpha value is -4.69. The van der Waals surface area contributed by atoms with Crippen molar-refractivity contribution in [3.05, 3.63) is 83.0 Å². The van der Waals surface area contributed by atoms with E-state index < -0.39 is 23.5 Å². The lowest BCUT2D eigenvalue weighted by Gasteiger charge is -2.29. The number of benzene rings is 2. The van der Waals surface area contributed by atoms with Crippen molar-refractivity contribution in [1.82, 2.24) is 35.0 Å². The zero-order valence-electron chi connectivity index (χ0n) is 25.4. The summed E-state index contributed by atoms with van der Waals surface area (Å²) >= 11 is 0. The lowest BCUT2D eigenvalue weighted by atomic mass is 10.0. The SMILES string of the molecule is Cn1nnc(N(Cc2cc(C(F)(F)F)cc(C(F)(F)F)c2)Cc2cc3cnn(-c4ccccc4)c3nc2N(CC2CC2)CC2CC2)n1. The lowest BCUT2D eigenvalue weighted by Crippen LogP contribution is -2.32. The number of aromatic nitrogens is 7. The number of alkyl halides is 6. The van der Waals surface area contributed by atoms with E-state index in [1.165, 1.54) is 16.7 Å². The van der Waals surface area contributed by atoms with Crippen molar-refractivity contribution < 1.29 is 26.3 Å². The summed E-state index contributed by atoms with van der Waals surface area (Å²) in [4.78, 5) is 10.2. The molecule has 7 rings (SSSR count). The van der Waals surface area contributed by atoms with E-state index in [2.05, 4.69) is 25.4 Å². The molecule has 2 aliphatic carbocycles. The minimum absolute atomic E-state index is 0.0455. The smallest absolute Gasteiger partial charge is 0.356 e. The van der Waals surface area contributed by atoms with Gasteiger partial charge in [-0.05, 0) is 84.7 Å². The highest BCUT2D eigenvalue weighted by Gasteiger charge is 2.37. The van der Waals surface area contributed by atoms with Crippen LogP contribution in [-0.4, -0.2) is 48.1 Å². The summed E-state index contributed by atoms with van der Waals surface area (Å²) in [7, 11) is 1.53. The van der Waals surface area contributed by atoms with Crippen molar-refractivity contribution in [3.8, 4) is 5.69 Å².